The fraction of sp³-hybridized carbons (Fsp3) is 0.615. The van der Waals surface area contributed by atoms with E-state index in [-0.39, 0.29) is 17.0 Å². The van der Waals surface area contributed by atoms with Gasteiger partial charge in [0.2, 0.25) is 5.95 Å². The predicted octanol–water partition coefficient (Wildman–Crippen LogP) is 3.50. The highest BCUT2D eigenvalue weighted by atomic mass is 32.2. The highest BCUT2D eigenvalue weighted by molar-refractivity contribution is 7.91. The van der Waals surface area contributed by atoms with Crippen LogP contribution in [0.5, 0.6) is 0 Å². The second-order valence-electron chi connectivity index (χ2n) is 11.5. The van der Waals surface area contributed by atoms with Gasteiger partial charge in [0.05, 0.1) is 39.5 Å². The van der Waals surface area contributed by atoms with Gasteiger partial charge in [0.1, 0.15) is 32.3 Å². The molecule has 0 saturated heterocycles. The number of rotatable bonds is 8. The monoisotopic (exact) mass is 560 g/mol. The zero-order valence-corrected chi connectivity index (χ0v) is 24.0. The topological polar surface area (TPSA) is 150 Å². The second kappa shape index (κ2) is 9.96. The van der Waals surface area contributed by atoms with Crippen molar-refractivity contribution in [1.82, 2.24) is 19.9 Å². The lowest BCUT2D eigenvalue weighted by molar-refractivity contribution is 0.0216. The van der Waals surface area contributed by atoms with Crippen LogP contribution in [0.25, 0.3) is 20.8 Å². The Morgan fingerprint density at radius 1 is 1.13 bits per heavy atom. The number of aromatic nitrogens is 4. The van der Waals surface area contributed by atoms with Crippen LogP contribution < -0.4 is 10.6 Å². The third-order valence-corrected chi connectivity index (χ3v) is 9.98. The molecule has 3 heterocycles. The molecule has 3 aromatic rings. The van der Waals surface area contributed by atoms with Crippen molar-refractivity contribution in [2.24, 2.45) is 5.92 Å². The minimum absolute atomic E-state index is 0.00317. The van der Waals surface area contributed by atoms with Gasteiger partial charge in [0.25, 0.3) is 0 Å². The molecule has 0 radical (unpaired) electrons. The number of aryl methyl sites for hydroxylation is 1. The first-order valence-corrected chi connectivity index (χ1v) is 15.7. The lowest BCUT2D eigenvalue weighted by Crippen LogP contribution is -2.36. The quantitative estimate of drug-likeness (QED) is 0.322. The molecule has 38 heavy (non-hydrogen) atoms. The lowest BCUT2D eigenvalue weighted by Gasteiger charge is -2.24. The molecule has 206 valence electrons. The SMILES string of the molecule is CCS(=O)(=O)C[C@H]1C[C@@H](Nc2nc(NC(C)(C)C)nc(C)c2-c2nc3c(C4CC4)nccc3s2)[C@H](O)[C@@H]1O. The van der Waals surface area contributed by atoms with Crippen LogP contribution in [0.3, 0.4) is 0 Å². The maximum Gasteiger partial charge on any atom is 0.225 e. The van der Waals surface area contributed by atoms with Crippen molar-refractivity contribution < 1.29 is 18.6 Å². The molecule has 3 aromatic heterocycles. The normalized spacial score (nSPS) is 24.2. The molecule has 0 aliphatic heterocycles. The summed E-state index contributed by atoms with van der Waals surface area (Å²) < 4.78 is 25.5. The van der Waals surface area contributed by atoms with Gasteiger partial charge in [0.15, 0.2) is 0 Å². The molecule has 12 heteroatoms. The van der Waals surface area contributed by atoms with E-state index in [1.807, 2.05) is 40.0 Å². The summed E-state index contributed by atoms with van der Waals surface area (Å²) >= 11 is 1.54. The summed E-state index contributed by atoms with van der Waals surface area (Å²) in [6.07, 6.45) is 2.08. The summed E-state index contributed by atoms with van der Waals surface area (Å²) in [4.78, 5) is 19.1. The Kier molecular flexibility index (Phi) is 7.12. The average molecular weight is 561 g/mol. The van der Waals surface area contributed by atoms with Crippen molar-refractivity contribution in [3.8, 4) is 10.6 Å². The summed E-state index contributed by atoms with van der Waals surface area (Å²) in [5.41, 5.74) is 3.08. The zero-order chi connectivity index (χ0) is 27.4. The Balaban J connectivity index is 1.54. The number of thiazole rings is 1. The number of aliphatic hydroxyl groups is 2. The standard InChI is InChI=1S/C26H36N6O4S2/c1-6-38(35,36)12-15-11-16(22(34)21(15)33)29-23-18(13(2)28-25(31-23)32-26(3,4)5)24-30-20-17(37-24)9-10-27-19(20)14-7-8-14/h9-10,14-16,21-22,33-34H,6-8,11-12H2,1-5H3,(H2,28,29,31,32)/t15-,16-,21-,22+/m1/s1. The van der Waals surface area contributed by atoms with Gasteiger partial charge in [-0.1, -0.05) is 6.92 Å². The van der Waals surface area contributed by atoms with Gasteiger partial charge >= 0.3 is 0 Å². The van der Waals surface area contributed by atoms with E-state index in [0.717, 1.165) is 39.3 Å². The second-order valence-corrected chi connectivity index (χ2v) is 14.9. The van der Waals surface area contributed by atoms with Gasteiger partial charge in [-0.15, -0.1) is 11.3 Å². The van der Waals surface area contributed by atoms with Gasteiger partial charge in [0, 0.05) is 29.3 Å². The van der Waals surface area contributed by atoms with Crippen molar-refractivity contribution in [3.63, 3.8) is 0 Å². The van der Waals surface area contributed by atoms with E-state index in [1.54, 1.807) is 18.3 Å². The molecule has 4 atom stereocenters. The number of sulfone groups is 1. The smallest absolute Gasteiger partial charge is 0.225 e. The van der Waals surface area contributed by atoms with E-state index in [9.17, 15) is 18.6 Å². The molecule has 0 amide bonds. The fourth-order valence-electron chi connectivity index (χ4n) is 5.01. The van der Waals surface area contributed by atoms with E-state index in [2.05, 4.69) is 15.6 Å². The maximum atomic E-state index is 12.2. The largest absolute Gasteiger partial charge is 0.390 e. The highest BCUT2D eigenvalue weighted by Gasteiger charge is 2.43. The van der Waals surface area contributed by atoms with Gasteiger partial charge in [-0.05, 0) is 53.0 Å². The van der Waals surface area contributed by atoms with Crippen LogP contribution >= 0.6 is 11.3 Å². The third-order valence-electron chi connectivity index (χ3n) is 7.12. The Hall–Kier alpha value is -2.41. The van der Waals surface area contributed by atoms with Crippen LogP contribution in [-0.2, 0) is 9.84 Å². The Labute approximate surface area is 227 Å². The number of nitrogens with one attached hydrogen (secondary N) is 2. The Bertz CT molecular complexity index is 1450. The number of anilines is 2. The lowest BCUT2D eigenvalue weighted by atomic mass is 10.1. The molecule has 4 N–H and O–H groups in total. The number of aliphatic hydroxyl groups excluding tert-OH is 2. The highest BCUT2D eigenvalue weighted by Crippen LogP contribution is 2.44. The molecule has 2 saturated carbocycles. The molecule has 0 unspecified atom stereocenters. The molecule has 0 aromatic carbocycles. The molecule has 0 spiro atoms. The first kappa shape index (κ1) is 27.2. The Morgan fingerprint density at radius 3 is 2.53 bits per heavy atom. The predicted molar refractivity (Wildman–Crippen MR) is 150 cm³/mol. The van der Waals surface area contributed by atoms with Crippen LogP contribution in [0.4, 0.5) is 11.8 Å². The van der Waals surface area contributed by atoms with Crippen LogP contribution in [0.2, 0.25) is 0 Å². The number of fused-ring (bicyclic) bond motifs is 1. The molecule has 2 fully saturated rings. The van der Waals surface area contributed by atoms with Crippen molar-refractivity contribution in [2.75, 3.05) is 22.1 Å². The summed E-state index contributed by atoms with van der Waals surface area (Å²) in [5.74, 6) is 0.632. The first-order chi connectivity index (χ1) is 17.8. The number of pyridine rings is 1. The molecule has 5 rings (SSSR count). The average Bonchev–Trinajstić information content (AvgIpc) is 3.53. The molecule has 0 bridgehead atoms. The van der Waals surface area contributed by atoms with Crippen LogP contribution in [0.1, 0.15) is 64.3 Å². The van der Waals surface area contributed by atoms with Crippen molar-refractivity contribution in [1.29, 1.82) is 0 Å². The minimum Gasteiger partial charge on any atom is -0.390 e. The van der Waals surface area contributed by atoms with E-state index in [0.29, 0.717) is 29.8 Å². The van der Waals surface area contributed by atoms with Crippen molar-refractivity contribution >= 4 is 43.2 Å². The van der Waals surface area contributed by atoms with Crippen molar-refractivity contribution in [2.45, 2.75) is 83.6 Å². The van der Waals surface area contributed by atoms with E-state index >= 15 is 0 Å². The van der Waals surface area contributed by atoms with Gasteiger partial charge in [-0.25, -0.2) is 18.4 Å². The van der Waals surface area contributed by atoms with Crippen LogP contribution in [0.15, 0.2) is 12.3 Å². The molecular weight excluding hydrogens is 524 g/mol. The van der Waals surface area contributed by atoms with Gasteiger partial charge in [-0.3, -0.25) is 4.98 Å². The molecule has 2 aliphatic carbocycles. The minimum atomic E-state index is -3.31. The van der Waals surface area contributed by atoms with Crippen LogP contribution in [0, 0.1) is 12.8 Å². The number of nitrogens with zero attached hydrogens (tertiary/aromatic N) is 4. The first-order valence-electron chi connectivity index (χ1n) is 13.1. The van der Waals surface area contributed by atoms with E-state index in [1.165, 1.54) is 0 Å². The summed E-state index contributed by atoms with van der Waals surface area (Å²) in [5, 5.41) is 29.0. The Morgan fingerprint density at radius 2 is 1.87 bits per heavy atom. The fourth-order valence-corrected chi connectivity index (χ4v) is 7.30. The van der Waals surface area contributed by atoms with E-state index in [4.69, 9.17) is 15.0 Å². The zero-order valence-electron chi connectivity index (χ0n) is 22.4. The molecule has 10 nitrogen and oxygen atoms in total. The van der Waals surface area contributed by atoms with Gasteiger partial charge < -0.3 is 20.8 Å². The summed E-state index contributed by atoms with van der Waals surface area (Å²) in [7, 11) is -3.31. The third kappa shape index (κ3) is 5.63. The van der Waals surface area contributed by atoms with Crippen LogP contribution in [-0.4, -0.2) is 73.9 Å². The summed E-state index contributed by atoms with van der Waals surface area (Å²) in [6.45, 7) is 9.54. The number of hydrogen-bond donors (Lipinski definition) is 4. The summed E-state index contributed by atoms with van der Waals surface area (Å²) in [6, 6.07) is 1.38. The van der Waals surface area contributed by atoms with E-state index < -0.39 is 34.0 Å². The molecular formula is C26H36N6O4S2. The van der Waals surface area contributed by atoms with Gasteiger partial charge in [-0.2, -0.15) is 4.98 Å². The maximum absolute atomic E-state index is 12.2. The number of hydrogen-bond acceptors (Lipinski definition) is 11. The van der Waals surface area contributed by atoms with Crippen molar-refractivity contribution in [3.05, 3.63) is 23.7 Å². The molecule has 2 aliphatic rings.